The molecular formula is C21H23FN4O3. The quantitative estimate of drug-likeness (QED) is 0.512. The standard InChI is InChI=1S/C21H23FN4O3/c1-24-20(27)18(9-14-5-3-2-4-6-14)26-21-25-17-8-7-16(10-19(17)29-21)28-13-15(11-22)12-23/h2-8,10-11,18H,9,12-13,23H2,1H3,(H,24,27)(H,25,26)/b15-11-/t18-/m0/s1. The number of hydrogen-bond donors (Lipinski definition) is 3. The van der Waals surface area contributed by atoms with Crippen LogP contribution in [-0.4, -0.2) is 37.1 Å². The maximum absolute atomic E-state index is 12.6. The Kier molecular flexibility index (Phi) is 6.80. The summed E-state index contributed by atoms with van der Waals surface area (Å²) in [4.78, 5) is 16.7. The number of hydrogen-bond acceptors (Lipinski definition) is 6. The van der Waals surface area contributed by atoms with Gasteiger partial charge in [0.15, 0.2) is 5.58 Å². The SMILES string of the molecule is CNC(=O)[C@H](Cc1ccccc1)Nc1nc2ccc(OC/C(=C\F)CN)cc2o1. The van der Waals surface area contributed by atoms with E-state index in [2.05, 4.69) is 15.6 Å². The van der Waals surface area contributed by atoms with Crippen molar-refractivity contribution < 1.29 is 18.3 Å². The molecule has 1 atom stereocenters. The number of benzene rings is 2. The summed E-state index contributed by atoms with van der Waals surface area (Å²) in [5.74, 6) is 0.326. The lowest BCUT2D eigenvalue weighted by atomic mass is 10.1. The van der Waals surface area contributed by atoms with Gasteiger partial charge in [0.1, 0.15) is 23.9 Å². The molecular weight excluding hydrogens is 375 g/mol. The van der Waals surface area contributed by atoms with E-state index in [1.54, 1.807) is 25.2 Å². The molecule has 0 aliphatic rings. The van der Waals surface area contributed by atoms with Crippen molar-refractivity contribution in [1.82, 2.24) is 10.3 Å². The van der Waals surface area contributed by atoms with Crippen LogP contribution < -0.4 is 21.1 Å². The monoisotopic (exact) mass is 398 g/mol. The highest BCUT2D eigenvalue weighted by atomic mass is 19.1. The van der Waals surface area contributed by atoms with Crippen LogP contribution in [-0.2, 0) is 11.2 Å². The summed E-state index contributed by atoms with van der Waals surface area (Å²) in [6, 6.07) is 14.5. The predicted molar refractivity (Wildman–Crippen MR) is 109 cm³/mol. The van der Waals surface area contributed by atoms with E-state index in [0.29, 0.717) is 35.2 Å². The van der Waals surface area contributed by atoms with Gasteiger partial charge < -0.3 is 25.5 Å². The molecule has 8 heteroatoms. The van der Waals surface area contributed by atoms with E-state index in [9.17, 15) is 9.18 Å². The highest BCUT2D eigenvalue weighted by Gasteiger charge is 2.20. The van der Waals surface area contributed by atoms with E-state index in [1.807, 2.05) is 30.3 Å². The lowest BCUT2D eigenvalue weighted by Crippen LogP contribution is -2.39. The van der Waals surface area contributed by atoms with Crippen molar-refractivity contribution in [2.24, 2.45) is 5.73 Å². The molecule has 1 aromatic heterocycles. The first-order valence-corrected chi connectivity index (χ1v) is 9.16. The molecule has 0 radical (unpaired) electrons. The minimum Gasteiger partial charge on any atom is -0.489 e. The summed E-state index contributed by atoms with van der Waals surface area (Å²) >= 11 is 0. The van der Waals surface area contributed by atoms with E-state index in [1.165, 1.54) is 0 Å². The van der Waals surface area contributed by atoms with Gasteiger partial charge in [0.2, 0.25) is 5.91 Å². The van der Waals surface area contributed by atoms with Crippen LogP contribution in [0.3, 0.4) is 0 Å². The summed E-state index contributed by atoms with van der Waals surface area (Å²) in [7, 11) is 1.58. The first-order valence-electron chi connectivity index (χ1n) is 9.16. The van der Waals surface area contributed by atoms with E-state index in [4.69, 9.17) is 14.9 Å². The summed E-state index contributed by atoms with van der Waals surface area (Å²) in [6.45, 7) is 0.130. The van der Waals surface area contributed by atoms with Crippen molar-refractivity contribution in [3.05, 3.63) is 66.0 Å². The number of carbonyl (C=O) groups is 1. The summed E-state index contributed by atoms with van der Waals surface area (Å²) < 4.78 is 23.9. The normalized spacial score (nSPS) is 12.6. The molecule has 0 saturated carbocycles. The third-order valence-electron chi connectivity index (χ3n) is 4.34. The lowest BCUT2D eigenvalue weighted by molar-refractivity contribution is -0.121. The smallest absolute Gasteiger partial charge is 0.296 e. The molecule has 29 heavy (non-hydrogen) atoms. The average molecular weight is 398 g/mol. The van der Waals surface area contributed by atoms with E-state index < -0.39 is 6.04 Å². The van der Waals surface area contributed by atoms with Crippen molar-refractivity contribution in [3.63, 3.8) is 0 Å². The largest absolute Gasteiger partial charge is 0.489 e. The van der Waals surface area contributed by atoms with Crippen LogP contribution in [0.1, 0.15) is 5.56 Å². The predicted octanol–water partition coefficient (Wildman–Crippen LogP) is 2.79. The topological polar surface area (TPSA) is 102 Å². The summed E-state index contributed by atoms with van der Waals surface area (Å²) in [6.07, 6.45) is 0.922. The van der Waals surface area contributed by atoms with Crippen molar-refractivity contribution in [2.45, 2.75) is 12.5 Å². The van der Waals surface area contributed by atoms with Crippen LogP contribution in [0.5, 0.6) is 5.75 Å². The molecule has 1 amide bonds. The zero-order valence-corrected chi connectivity index (χ0v) is 16.0. The molecule has 4 N–H and O–H groups in total. The Morgan fingerprint density at radius 2 is 2.10 bits per heavy atom. The third kappa shape index (κ3) is 5.32. The molecule has 0 fully saturated rings. The van der Waals surface area contributed by atoms with E-state index >= 15 is 0 Å². The minimum atomic E-state index is -0.548. The molecule has 3 aromatic rings. The number of carbonyl (C=O) groups excluding carboxylic acids is 1. The van der Waals surface area contributed by atoms with E-state index in [0.717, 1.165) is 5.56 Å². The number of nitrogens with one attached hydrogen (secondary N) is 2. The van der Waals surface area contributed by atoms with Gasteiger partial charge in [-0.25, -0.2) is 4.39 Å². The summed E-state index contributed by atoms with van der Waals surface area (Å²) in [5, 5.41) is 5.70. The number of fused-ring (bicyclic) bond motifs is 1. The van der Waals surface area contributed by atoms with Gasteiger partial charge in [0.25, 0.3) is 6.01 Å². The van der Waals surface area contributed by atoms with Crippen molar-refractivity contribution in [3.8, 4) is 5.75 Å². The van der Waals surface area contributed by atoms with Crippen LogP contribution in [0.15, 0.2) is 64.9 Å². The number of aromatic nitrogens is 1. The fraction of sp³-hybridized carbons (Fsp3) is 0.238. The number of ether oxygens (including phenoxy) is 1. The average Bonchev–Trinajstić information content (AvgIpc) is 3.15. The molecule has 3 rings (SSSR count). The van der Waals surface area contributed by atoms with Gasteiger partial charge in [0.05, 0.1) is 6.33 Å². The molecule has 7 nitrogen and oxygen atoms in total. The number of nitrogens with two attached hydrogens (primary N) is 1. The molecule has 0 saturated heterocycles. The second kappa shape index (κ2) is 9.70. The molecule has 1 heterocycles. The summed E-state index contributed by atoms with van der Waals surface area (Å²) in [5.41, 5.74) is 7.87. The molecule has 0 spiro atoms. The zero-order chi connectivity index (χ0) is 20.6. The first-order chi connectivity index (χ1) is 14.1. The molecule has 0 bridgehead atoms. The number of amides is 1. The van der Waals surface area contributed by atoms with Gasteiger partial charge in [0, 0.05) is 31.7 Å². The Morgan fingerprint density at radius 3 is 2.79 bits per heavy atom. The minimum absolute atomic E-state index is 0.0492. The zero-order valence-electron chi connectivity index (χ0n) is 16.0. The fourth-order valence-corrected chi connectivity index (χ4v) is 2.75. The fourth-order valence-electron chi connectivity index (χ4n) is 2.75. The molecule has 0 aliphatic heterocycles. The van der Waals surface area contributed by atoms with Gasteiger partial charge in [-0.3, -0.25) is 4.79 Å². The number of halogens is 1. The maximum atomic E-state index is 12.6. The Morgan fingerprint density at radius 1 is 1.31 bits per heavy atom. The third-order valence-corrected chi connectivity index (χ3v) is 4.34. The molecule has 152 valence electrons. The number of rotatable bonds is 9. The van der Waals surface area contributed by atoms with Gasteiger partial charge in [-0.2, -0.15) is 4.98 Å². The highest BCUT2D eigenvalue weighted by Crippen LogP contribution is 2.25. The number of likely N-dealkylation sites (N-methyl/N-ethyl adjacent to an activating group) is 1. The Balaban J connectivity index is 1.74. The molecule has 0 unspecified atom stereocenters. The number of oxazole rings is 1. The number of nitrogens with zero attached hydrogens (tertiary/aromatic N) is 1. The van der Waals surface area contributed by atoms with Gasteiger partial charge >= 0.3 is 0 Å². The Bertz CT molecular complexity index is 988. The van der Waals surface area contributed by atoms with E-state index in [-0.39, 0.29) is 25.1 Å². The van der Waals surface area contributed by atoms with Crippen LogP contribution in [0.4, 0.5) is 10.4 Å². The van der Waals surface area contributed by atoms with Crippen molar-refractivity contribution >= 4 is 23.0 Å². The second-order valence-electron chi connectivity index (χ2n) is 6.41. The van der Waals surface area contributed by atoms with Gasteiger partial charge in [-0.15, -0.1) is 0 Å². The molecule has 0 aliphatic carbocycles. The Labute approximate surface area is 167 Å². The number of anilines is 1. The molecule has 2 aromatic carbocycles. The van der Waals surface area contributed by atoms with Crippen LogP contribution in [0.25, 0.3) is 11.1 Å². The van der Waals surface area contributed by atoms with Gasteiger partial charge in [-0.1, -0.05) is 30.3 Å². The highest BCUT2D eigenvalue weighted by molar-refractivity contribution is 5.84. The van der Waals surface area contributed by atoms with Crippen LogP contribution >= 0.6 is 0 Å². The van der Waals surface area contributed by atoms with Crippen molar-refractivity contribution in [1.29, 1.82) is 0 Å². The maximum Gasteiger partial charge on any atom is 0.296 e. The second-order valence-corrected chi connectivity index (χ2v) is 6.41. The van der Waals surface area contributed by atoms with Crippen LogP contribution in [0.2, 0.25) is 0 Å². The van der Waals surface area contributed by atoms with Gasteiger partial charge in [-0.05, 0) is 17.7 Å². The lowest BCUT2D eigenvalue weighted by Gasteiger charge is -2.15. The first kappa shape index (κ1) is 20.3. The van der Waals surface area contributed by atoms with Crippen LogP contribution in [0, 0.1) is 0 Å². The Hall–Kier alpha value is -3.39. The van der Waals surface area contributed by atoms with Crippen molar-refractivity contribution in [2.75, 3.05) is 25.5 Å².